The van der Waals surface area contributed by atoms with E-state index < -0.39 is 6.10 Å². The van der Waals surface area contributed by atoms with Crippen molar-refractivity contribution in [1.29, 1.82) is 0 Å². The normalized spacial score (nSPS) is 12.7. The molecule has 0 aliphatic rings. The lowest BCUT2D eigenvalue weighted by Gasteiger charge is -2.07. The Hall–Kier alpha value is -1.26. The van der Waals surface area contributed by atoms with Crippen molar-refractivity contribution in [2.75, 3.05) is 12.3 Å². The van der Waals surface area contributed by atoms with Crippen molar-refractivity contribution in [3.8, 4) is 5.75 Å². The van der Waals surface area contributed by atoms with E-state index in [9.17, 15) is 5.11 Å². The van der Waals surface area contributed by atoms with E-state index in [1.165, 1.54) is 0 Å². The van der Waals surface area contributed by atoms with Crippen molar-refractivity contribution in [1.82, 2.24) is 0 Å². The van der Waals surface area contributed by atoms with Gasteiger partial charge in [-0.1, -0.05) is 6.07 Å². The Kier molecular flexibility index (Phi) is 3.73. The number of ether oxygens (including phenoxy) is 1. The van der Waals surface area contributed by atoms with Crippen molar-refractivity contribution in [2.45, 2.75) is 19.6 Å². The van der Waals surface area contributed by atoms with E-state index in [1.54, 1.807) is 25.1 Å². The predicted molar refractivity (Wildman–Crippen MR) is 53.9 cm³/mol. The number of hydrogen-bond acceptors (Lipinski definition) is 4. The summed E-state index contributed by atoms with van der Waals surface area (Å²) in [5.41, 5.74) is 6.62. The molecule has 14 heavy (non-hydrogen) atoms. The van der Waals surface area contributed by atoms with Gasteiger partial charge in [-0.25, -0.2) is 0 Å². The van der Waals surface area contributed by atoms with Crippen molar-refractivity contribution in [3.05, 3.63) is 23.8 Å². The fourth-order valence-corrected chi connectivity index (χ4v) is 1.03. The molecule has 0 aromatic heterocycles. The molecule has 0 aliphatic heterocycles. The lowest BCUT2D eigenvalue weighted by molar-refractivity contribution is 0.0375. The number of rotatable bonds is 4. The Bertz CT molecular complexity index is 299. The summed E-state index contributed by atoms with van der Waals surface area (Å²) in [6, 6.07) is 4.95. The van der Waals surface area contributed by atoms with Gasteiger partial charge < -0.3 is 20.7 Å². The molecule has 4 N–H and O–H groups in total. The molecule has 0 amide bonds. The standard InChI is InChI=1S/C10H15NO3/c1-7(12)5-14-6-8-2-3-9(11)10(13)4-8/h2-4,7,12-13H,5-6,11H2,1H3. The minimum absolute atomic E-state index is 0.0585. The zero-order chi connectivity index (χ0) is 10.6. The van der Waals surface area contributed by atoms with Gasteiger partial charge in [-0.05, 0) is 24.6 Å². The first-order valence-corrected chi connectivity index (χ1v) is 4.43. The topological polar surface area (TPSA) is 75.7 Å². The molecule has 0 radical (unpaired) electrons. The third kappa shape index (κ3) is 3.24. The first-order valence-electron chi connectivity index (χ1n) is 4.43. The first-order chi connectivity index (χ1) is 6.59. The second-order valence-electron chi connectivity index (χ2n) is 3.26. The van der Waals surface area contributed by atoms with Crippen LogP contribution in [0, 0.1) is 0 Å². The third-order valence-corrected chi connectivity index (χ3v) is 1.72. The number of aliphatic hydroxyl groups excluding tert-OH is 1. The van der Waals surface area contributed by atoms with Crippen molar-refractivity contribution in [2.24, 2.45) is 0 Å². The highest BCUT2D eigenvalue weighted by Crippen LogP contribution is 2.20. The molecule has 0 fully saturated rings. The van der Waals surface area contributed by atoms with Crippen LogP contribution in [0.4, 0.5) is 5.69 Å². The molecule has 1 unspecified atom stereocenters. The van der Waals surface area contributed by atoms with E-state index in [2.05, 4.69) is 0 Å². The highest BCUT2D eigenvalue weighted by molar-refractivity contribution is 5.52. The molecule has 4 nitrogen and oxygen atoms in total. The van der Waals surface area contributed by atoms with Crippen molar-refractivity contribution in [3.63, 3.8) is 0 Å². The molecule has 0 bridgehead atoms. The van der Waals surface area contributed by atoms with Crippen molar-refractivity contribution >= 4 is 5.69 Å². The van der Waals surface area contributed by atoms with Crippen LogP contribution >= 0.6 is 0 Å². The highest BCUT2D eigenvalue weighted by Gasteiger charge is 2.00. The molecule has 1 rings (SSSR count). The minimum atomic E-state index is -0.475. The van der Waals surface area contributed by atoms with Crippen LogP contribution in [0.2, 0.25) is 0 Å². The monoisotopic (exact) mass is 197 g/mol. The number of aliphatic hydroxyl groups is 1. The second-order valence-corrected chi connectivity index (χ2v) is 3.26. The van der Waals surface area contributed by atoms with Gasteiger partial charge in [0.2, 0.25) is 0 Å². The van der Waals surface area contributed by atoms with E-state index in [-0.39, 0.29) is 12.4 Å². The number of phenols is 1. The van der Waals surface area contributed by atoms with E-state index in [0.717, 1.165) is 5.56 Å². The van der Waals surface area contributed by atoms with Gasteiger partial charge in [-0.15, -0.1) is 0 Å². The quantitative estimate of drug-likeness (QED) is 0.494. The maximum Gasteiger partial charge on any atom is 0.138 e. The van der Waals surface area contributed by atoms with E-state index >= 15 is 0 Å². The second kappa shape index (κ2) is 4.83. The van der Waals surface area contributed by atoms with Crippen molar-refractivity contribution < 1.29 is 14.9 Å². The largest absolute Gasteiger partial charge is 0.506 e. The molecule has 0 aliphatic carbocycles. The summed E-state index contributed by atoms with van der Waals surface area (Å²) in [5, 5.41) is 18.2. The molecular weight excluding hydrogens is 182 g/mol. The summed E-state index contributed by atoms with van der Waals surface area (Å²) < 4.78 is 5.17. The van der Waals surface area contributed by atoms with Crippen LogP contribution in [0.1, 0.15) is 12.5 Å². The first kappa shape index (κ1) is 10.8. The van der Waals surface area contributed by atoms with Crippen LogP contribution in [0.5, 0.6) is 5.75 Å². The van der Waals surface area contributed by atoms with Gasteiger partial charge >= 0.3 is 0 Å². The van der Waals surface area contributed by atoms with Gasteiger partial charge in [-0.2, -0.15) is 0 Å². The fourth-order valence-electron chi connectivity index (χ4n) is 1.03. The molecule has 0 saturated carbocycles. The lowest BCUT2D eigenvalue weighted by Crippen LogP contribution is -2.10. The Morgan fingerprint density at radius 3 is 2.79 bits per heavy atom. The van der Waals surface area contributed by atoms with Gasteiger partial charge in [0.15, 0.2) is 0 Å². The molecule has 4 heteroatoms. The van der Waals surface area contributed by atoms with Crippen LogP contribution in [0.3, 0.4) is 0 Å². The zero-order valence-corrected chi connectivity index (χ0v) is 8.10. The smallest absolute Gasteiger partial charge is 0.138 e. The summed E-state index contributed by atoms with van der Waals surface area (Å²) in [7, 11) is 0. The Balaban J connectivity index is 2.47. The molecule has 0 spiro atoms. The summed E-state index contributed by atoms with van der Waals surface area (Å²) in [6.07, 6.45) is -0.475. The Labute approximate surface area is 82.9 Å². The van der Waals surface area contributed by atoms with E-state index in [0.29, 0.717) is 12.3 Å². The minimum Gasteiger partial charge on any atom is -0.506 e. The van der Waals surface area contributed by atoms with Gasteiger partial charge in [-0.3, -0.25) is 0 Å². The van der Waals surface area contributed by atoms with E-state index in [4.69, 9.17) is 15.6 Å². The van der Waals surface area contributed by atoms with Gasteiger partial charge in [0.1, 0.15) is 5.75 Å². The SMILES string of the molecule is CC(O)COCc1ccc(N)c(O)c1. The number of anilines is 1. The number of hydrogen-bond donors (Lipinski definition) is 3. The fraction of sp³-hybridized carbons (Fsp3) is 0.400. The molecular formula is C10H15NO3. The number of benzene rings is 1. The summed E-state index contributed by atoms with van der Waals surface area (Å²) >= 11 is 0. The van der Waals surface area contributed by atoms with Crippen LogP contribution in [-0.4, -0.2) is 22.9 Å². The number of aromatic hydroxyl groups is 1. The molecule has 0 saturated heterocycles. The summed E-state index contributed by atoms with van der Waals surface area (Å²) in [4.78, 5) is 0. The number of nitrogen functional groups attached to an aromatic ring is 1. The van der Waals surface area contributed by atoms with Gasteiger partial charge in [0.05, 0.1) is 25.0 Å². The molecule has 1 aromatic carbocycles. The highest BCUT2D eigenvalue weighted by atomic mass is 16.5. The summed E-state index contributed by atoms with van der Waals surface area (Å²) in [5.74, 6) is 0.0585. The average molecular weight is 197 g/mol. The van der Waals surface area contributed by atoms with Gasteiger partial charge in [0, 0.05) is 0 Å². The van der Waals surface area contributed by atoms with Crippen LogP contribution in [0.25, 0.3) is 0 Å². The maximum atomic E-state index is 9.28. The molecule has 0 heterocycles. The Morgan fingerprint density at radius 2 is 2.21 bits per heavy atom. The van der Waals surface area contributed by atoms with E-state index in [1.807, 2.05) is 0 Å². The zero-order valence-electron chi connectivity index (χ0n) is 8.10. The number of nitrogens with two attached hydrogens (primary N) is 1. The van der Waals surface area contributed by atoms with Gasteiger partial charge in [0.25, 0.3) is 0 Å². The van der Waals surface area contributed by atoms with Crippen LogP contribution in [0.15, 0.2) is 18.2 Å². The molecule has 1 atom stereocenters. The average Bonchev–Trinajstić information content (AvgIpc) is 2.10. The lowest BCUT2D eigenvalue weighted by atomic mass is 10.2. The predicted octanol–water partition coefficient (Wildman–Crippen LogP) is 0.872. The summed E-state index contributed by atoms with van der Waals surface area (Å²) in [6.45, 7) is 2.30. The molecule has 78 valence electrons. The Morgan fingerprint density at radius 1 is 1.50 bits per heavy atom. The maximum absolute atomic E-state index is 9.28. The number of phenolic OH excluding ortho intramolecular Hbond substituents is 1. The molecule has 1 aromatic rings. The van der Waals surface area contributed by atoms with Crippen LogP contribution < -0.4 is 5.73 Å². The third-order valence-electron chi connectivity index (χ3n) is 1.72. The van der Waals surface area contributed by atoms with Crippen LogP contribution in [-0.2, 0) is 11.3 Å².